The number of ether oxygens (including phenoxy) is 1. The van der Waals surface area contributed by atoms with Gasteiger partial charge in [-0.05, 0) is 59.9 Å². The van der Waals surface area contributed by atoms with Crippen molar-refractivity contribution in [2.45, 2.75) is 12.7 Å². The molecule has 2 saturated heterocycles. The zero-order valence-corrected chi connectivity index (χ0v) is 20.3. The summed E-state index contributed by atoms with van der Waals surface area (Å²) in [5.41, 5.74) is 0.898. The van der Waals surface area contributed by atoms with Crippen molar-refractivity contribution >= 4 is 22.8 Å². The fourth-order valence-electron chi connectivity index (χ4n) is 5.38. The summed E-state index contributed by atoms with van der Waals surface area (Å²) in [7, 11) is 0. The molecule has 3 aromatic carbocycles. The molecule has 38 heavy (non-hydrogen) atoms. The fourth-order valence-corrected chi connectivity index (χ4v) is 5.38. The van der Waals surface area contributed by atoms with E-state index >= 15 is 0 Å². The second kappa shape index (κ2) is 9.68. The normalized spacial score (nSPS) is 19.6. The summed E-state index contributed by atoms with van der Waals surface area (Å²) in [6.07, 6.45) is -4.42. The van der Waals surface area contributed by atoms with Gasteiger partial charge in [-0.2, -0.15) is 13.2 Å². The highest BCUT2D eigenvalue weighted by Gasteiger charge is 2.41. The number of halogens is 3. The molecule has 6 rings (SSSR count). The summed E-state index contributed by atoms with van der Waals surface area (Å²) >= 11 is 0. The van der Waals surface area contributed by atoms with Crippen molar-refractivity contribution in [3.8, 4) is 11.5 Å². The van der Waals surface area contributed by atoms with Gasteiger partial charge in [0.15, 0.2) is 11.4 Å². The number of urea groups is 1. The van der Waals surface area contributed by atoms with E-state index in [1.165, 1.54) is 12.1 Å². The first-order valence-electron chi connectivity index (χ1n) is 12.4. The van der Waals surface area contributed by atoms with Gasteiger partial charge >= 0.3 is 12.2 Å². The third-order valence-corrected chi connectivity index (χ3v) is 7.15. The summed E-state index contributed by atoms with van der Waals surface area (Å²) in [6, 6.07) is 19.5. The molecule has 0 saturated carbocycles. The Morgan fingerprint density at radius 3 is 2.42 bits per heavy atom. The molecular weight excluding hydrogens is 497 g/mol. The van der Waals surface area contributed by atoms with E-state index in [4.69, 9.17) is 9.26 Å². The van der Waals surface area contributed by atoms with Crippen LogP contribution in [0.4, 0.5) is 23.8 Å². The van der Waals surface area contributed by atoms with Crippen molar-refractivity contribution in [1.82, 2.24) is 15.0 Å². The maximum absolute atomic E-state index is 13.0. The van der Waals surface area contributed by atoms with Gasteiger partial charge in [-0.1, -0.05) is 35.5 Å². The number of nitrogens with one attached hydrogen (secondary N) is 1. The quantitative estimate of drug-likeness (QED) is 0.336. The molecule has 7 nitrogen and oxygen atoms in total. The minimum Gasteiger partial charge on any atom is -0.457 e. The Morgan fingerprint density at radius 1 is 0.947 bits per heavy atom. The van der Waals surface area contributed by atoms with Crippen LogP contribution in [0.1, 0.15) is 11.1 Å². The van der Waals surface area contributed by atoms with Crippen LogP contribution < -0.4 is 10.1 Å². The second-order valence-corrected chi connectivity index (χ2v) is 9.85. The minimum absolute atomic E-state index is 0.143. The number of para-hydroxylation sites is 1. The Kier molecular flexibility index (Phi) is 6.19. The first kappa shape index (κ1) is 24.3. The van der Waals surface area contributed by atoms with E-state index in [0.717, 1.165) is 36.2 Å². The number of rotatable bonds is 5. The lowest BCUT2D eigenvalue weighted by molar-refractivity contribution is -0.137. The Bertz CT molecular complexity index is 1460. The van der Waals surface area contributed by atoms with Gasteiger partial charge < -0.3 is 14.2 Å². The van der Waals surface area contributed by atoms with Gasteiger partial charge in [0.05, 0.1) is 10.9 Å². The fraction of sp³-hybridized carbons (Fsp3) is 0.286. The van der Waals surface area contributed by atoms with Crippen LogP contribution in [0.25, 0.3) is 11.0 Å². The van der Waals surface area contributed by atoms with Crippen molar-refractivity contribution in [1.29, 1.82) is 0 Å². The van der Waals surface area contributed by atoms with Crippen LogP contribution in [0.15, 0.2) is 77.3 Å². The van der Waals surface area contributed by atoms with E-state index in [1.807, 2.05) is 41.3 Å². The number of hydrogen-bond donors (Lipinski definition) is 1. The molecule has 4 aromatic rings. The molecule has 1 N–H and O–H groups in total. The molecule has 0 spiro atoms. The lowest BCUT2D eigenvalue weighted by atomic mass is 10.0. The number of amides is 2. The molecule has 0 bridgehead atoms. The zero-order valence-electron chi connectivity index (χ0n) is 20.3. The Morgan fingerprint density at radius 2 is 1.66 bits per heavy atom. The van der Waals surface area contributed by atoms with Gasteiger partial charge in [0.25, 0.3) is 0 Å². The van der Waals surface area contributed by atoms with Gasteiger partial charge in [0.1, 0.15) is 11.5 Å². The maximum atomic E-state index is 13.0. The van der Waals surface area contributed by atoms with E-state index < -0.39 is 11.7 Å². The highest BCUT2D eigenvalue weighted by Crippen LogP contribution is 2.35. The number of carbonyl (C=O) groups is 1. The van der Waals surface area contributed by atoms with Crippen molar-refractivity contribution < 1.29 is 27.2 Å². The summed E-state index contributed by atoms with van der Waals surface area (Å²) in [5, 5.41) is 7.63. The van der Waals surface area contributed by atoms with Crippen LogP contribution in [-0.4, -0.2) is 47.2 Å². The number of benzene rings is 3. The summed E-state index contributed by atoms with van der Waals surface area (Å²) in [6.45, 7) is 3.76. The molecule has 2 unspecified atom stereocenters. The number of likely N-dealkylation sites (tertiary alicyclic amines) is 2. The lowest BCUT2D eigenvalue weighted by Gasteiger charge is -2.22. The molecule has 2 amide bonds. The summed E-state index contributed by atoms with van der Waals surface area (Å²) < 4.78 is 50.0. The van der Waals surface area contributed by atoms with Crippen molar-refractivity contribution in [2.75, 3.05) is 31.5 Å². The minimum atomic E-state index is -4.42. The Balaban J connectivity index is 1.04. The van der Waals surface area contributed by atoms with E-state index in [1.54, 1.807) is 12.1 Å². The molecule has 196 valence electrons. The highest BCUT2D eigenvalue weighted by atomic mass is 19.4. The van der Waals surface area contributed by atoms with Crippen LogP contribution in [0, 0.1) is 11.8 Å². The van der Waals surface area contributed by atoms with E-state index in [2.05, 4.69) is 15.4 Å². The number of hydrogen-bond acceptors (Lipinski definition) is 5. The van der Waals surface area contributed by atoms with Gasteiger partial charge in [-0.3, -0.25) is 10.2 Å². The van der Waals surface area contributed by atoms with E-state index in [0.29, 0.717) is 48.6 Å². The van der Waals surface area contributed by atoms with Crippen molar-refractivity contribution in [3.63, 3.8) is 0 Å². The van der Waals surface area contributed by atoms with Gasteiger partial charge in [0, 0.05) is 32.7 Å². The molecule has 2 aliphatic rings. The number of fused-ring (bicyclic) bond motifs is 2. The topological polar surface area (TPSA) is 70.8 Å². The summed E-state index contributed by atoms with van der Waals surface area (Å²) in [5.74, 6) is 1.81. The predicted octanol–water partition coefficient (Wildman–Crippen LogP) is 6.23. The lowest BCUT2D eigenvalue weighted by Crippen LogP contribution is -2.36. The molecule has 3 heterocycles. The standard InChI is InChI=1S/C28H25F3N4O3/c29-28(30,31)21-6-4-8-23(12-21)37-22-7-3-5-18(11-22)13-34-14-19-16-35(17-20(19)15-34)27(36)32-26-24-9-1-2-10-25(24)38-33-26/h1-12,19-20H,13-17H2,(H,32,33,36). The van der Waals surface area contributed by atoms with E-state index in [-0.39, 0.29) is 11.8 Å². The molecule has 2 aliphatic heterocycles. The maximum Gasteiger partial charge on any atom is 0.416 e. The van der Waals surface area contributed by atoms with Crippen LogP contribution in [0.2, 0.25) is 0 Å². The Labute approximate surface area is 216 Å². The largest absolute Gasteiger partial charge is 0.457 e. The third-order valence-electron chi connectivity index (χ3n) is 7.15. The number of nitrogens with zero attached hydrogens (tertiary/aromatic N) is 3. The third kappa shape index (κ3) is 5.04. The molecule has 2 atom stereocenters. The summed E-state index contributed by atoms with van der Waals surface area (Å²) in [4.78, 5) is 17.0. The molecule has 0 radical (unpaired) electrons. The molecule has 10 heteroatoms. The van der Waals surface area contributed by atoms with Crippen LogP contribution in [-0.2, 0) is 12.7 Å². The Hall–Kier alpha value is -4.05. The van der Waals surface area contributed by atoms with Crippen LogP contribution in [0.5, 0.6) is 11.5 Å². The number of anilines is 1. The SMILES string of the molecule is O=C(Nc1noc2ccccc12)N1CC2CN(Cc3cccc(Oc4cccc(C(F)(F)F)c4)c3)CC2C1. The first-order chi connectivity index (χ1) is 18.3. The number of aromatic nitrogens is 1. The molecular formula is C28H25F3N4O3. The zero-order chi connectivity index (χ0) is 26.3. The van der Waals surface area contributed by atoms with Crippen LogP contribution in [0.3, 0.4) is 0 Å². The van der Waals surface area contributed by atoms with Crippen molar-refractivity contribution in [2.24, 2.45) is 11.8 Å². The van der Waals surface area contributed by atoms with Gasteiger partial charge in [-0.25, -0.2) is 4.79 Å². The van der Waals surface area contributed by atoms with Crippen LogP contribution >= 0.6 is 0 Å². The number of alkyl halides is 3. The van der Waals surface area contributed by atoms with E-state index in [9.17, 15) is 18.0 Å². The average Bonchev–Trinajstić information content (AvgIpc) is 3.58. The van der Waals surface area contributed by atoms with Gasteiger partial charge in [-0.15, -0.1) is 0 Å². The molecule has 1 aromatic heterocycles. The second-order valence-electron chi connectivity index (χ2n) is 9.85. The smallest absolute Gasteiger partial charge is 0.416 e. The highest BCUT2D eigenvalue weighted by molar-refractivity contribution is 5.98. The van der Waals surface area contributed by atoms with Crippen molar-refractivity contribution in [3.05, 3.63) is 83.9 Å². The first-order valence-corrected chi connectivity index (χ1v) is 12.4. The van der Waals surface area contributed by atoms with Gasteiger partial charge in [0.2, 0.25) is 0 Å². The monoisotopic (exact) mass is 522 g/mol. The molecule has 0 aliphatic carbocycles. The number of carbonyl (C=O) groups excluding carboxylic acids is 1. The average molecular weight is 523 g/mol. The molecule has 2 fully saturated rings. The predicted molar refractivity (Wildman–Crippen MR) is 135 cm³/mol.